The third kappa shape index (κ3) is 5.25. The lowest BCUT2D eigenvalue weighted by Gasteiger charge is -2.05. The maximum absolute atomic E-state index is 10.8. The molecule has 0 aliphatic heterocycles. The number of benzene rings is 1. The van der Waals surface area contributed by atoms with Crippen molar-refractivity contribution in [2.75, 3.05) is 5.32 Å². The highest BCUT2D eigenvalue weighted by molar-refractivity contribution is 5.90. The fourth-order valence-electron chi connectivity index (χ4n) is 1.57. The number of carbonyl (C=O) groups excluding carboxylic acids is 1. The molecule has 1 aromatic heterocycles. The number of carbonyl (C=O) groups is 1. The van der Waals surface area contributed by atoms with Crippen LogP contribution in [0.15, 0.2) is 48.7 Å². The van der Waals surface area contributed by atoms with Crippen LogP contribution in [0.25, 0.3) is 6.08 Å². The molecule has 0 fully saturated rings. The molecule has 1 heterocycles. The molecule has 110 valence electrons. The average Bonchev–Trinajstić information content (AvgIpc) is 2.48. The number of hydroxylamine groups is 1. The van der Waals surface area contributed by atoms with Crippen molar-refractivity contribution in [2.24, 2.45) is 0 Å². The number of aromatic nitrogens is 1. The molecule has 0 unspecified atom stereocenters. The van der Waals surface area contributed by atoms with Gasteiger partial charge in [-0.25, -0.2) is 10.5 Å². The first-order chi connectivity index (χ1) is 9.67. The Kier molecular flexibility index (Phi) is 6.39. The number of nitrogens with one attached hydrogen (secondary N) is 2. The number of hydrogen-bond donors (Lipinski definition) is 3. The van der Waals surface area contributed by atoms with Gasteiger partial charge in [0.2, 0.25) is 0 Å². The van der Waals surface area contributed by atoms with Gasteiger partial charge in [0.1, 0.15) is 5.82 Å². The van der Waals surface area contributed by atoms with Crippen molar-refractivity contribution in [3.8, 4) is 0 Å². The summed E-state index contributed by atoms with van der Waals surface area (Å²) in [6, 6.07) is 11.6. The van der Waals surface area contributed by atoms with E-state index in [0.29, 0.717) is 0 Å². The quantitative estimate of drug-likeness (QED) is 0.461. The van der Waals surface area contributed by atoms with Crippen LogP contribution in [-0.4, -0.2) is 16.1 Å². The van der Waals surface area contributed by atoms with Gasteiger partial charge in [-0.2, -0.15) is 0 Å². The molecule has 0 aliphatic carbocycles. The highest BCUT2D eigenvalue weighted by atomic mass is 35.5. The molecule has 0 radical (unpaired) electrons. The third-order valence-electron chi connectivity index (χ3n) is 2.65. The SMILES string of the molecule is Cc1ccc(Nc2ccc(C=CC(=O)NO)cn2)cc1.Cl. The van der Waals surface area contributed by atoms with Gasteiger partial charge in [0, 0.05) is 18.0 Å². The van der Waals surface area contributed by atoms with Gasteiger partial charge in [0.15, 0.2) is 0 Å². The smallest absolute Gasteiger partial charge is 0.267 e. The number of aryl methyl sites for hydroxylation is 1. The highest BCUT2D eigenvalue weighted by Crippen LogP contribution is 2.15. The van der Waals surface area contributed by atoms with Crippen LogP contribution in [0.1, 0.15) is 11.1 Å². The van der Waals surface area contributed by atoms with Crippen LogP contribution >= 0.6 is 12.4 Å². The Morgan fingerprint density at radius 1 is 1.19 bits per heavy atom. The number of halogens is 1. The Bertz CT molecular complexity index is 610. The molecule has 0 aliphatic rings. The van der Waals surface area contributed by atoms with E-state index < -0.39 is 5.91 Å². The normalized spacial score (nSPS) is 10.0. The molecule has 2 rings (SSSR count). The lowest BCUT2D eigenvalue weighted by molar-refractivity contribution is -0.124. The van der Waals surface area contributed by atoms with Crippen molar-refractivity contribution in [1.82, 2.24) is 10.5 Å². The minimum absolute atomic E-state index is 0. The average molecular weight is 306 g/mol. The van der Waals surface area contributed by atoms with Gasteiger partial charge in [0.05, 0.1) is 0 Å². The summed E-state index contributed by atoms with van der Waals surface area (Å²) in [7, 11) is 0. The number of rotatable bonds is 4. The molecule has 21 heavy (non-hydrogen) atoms. The molecule has 5 nitrogen and oxygen atoms in total. The van der Waals surface area contributed by atoms with E-state index in [0.717, 1.165) is 17.1 Å². The fraction of sp³-hybridized carbons (Fsp3) is 0.0667. The first-order valence-corrected chi connectivity index (χ1v) is 6.09. The van der Waals surface area contributed by atoms with E-state index in [-0.39, 0.29) is 12.4 Å². The second-order valence-corrected chi connectivity index (χ2v) is 4.28. The second kappa shape index (κ2) is 8.04. The Balaban J connectivity index is 0.00000220. The summed E-state index contributed by atoms with van der Waals surface area (Å²) < 4.78 is 0. The Morgan fingerprint density at radius 3 is 2.48 bits per heavy atom. The van der Waals surface area contributed by atoms with Crippen molar-refractivity contribution in [2.45, 2.75) is 6.92 Å². The van der Waals surface area contributed by atoms with E-state index in [4.69, 9.17) is 5.21 Å². The van der Waals surface area contributed by atoms with Gasteiger partial charge in [-0.3, -0.25) is 10.0 Å². The third-order valence-corrected chi connectivity index (χ3v) is 2.65. The van der Waals surface area contributed by atoms with Crippen LogP contribution in [-0.2, 0) is 4.79 Å². The number of nitrogens with zero attached hydrogens (tertiary/aromatic N) is 1. The molecule has 0 spiro atoms. The number of hydrogen-bond acceptors (Lipinski definition) is 4. The molecule has 1 aromatic carbocycles. The Labute approximate surface area is 129 Å². The van der Waals surface area contributed by atoms with Crippen LogP contribution in [0, 0.1) is 6.92 Å². The largest absolute Gasteiger partial charge is 0.340 e. The standard InChI is InChI=1S/C15H15N3O2.ClH/c1-11-2-6-13(7-3-11)17-14-8-4-12(10-16-14)5-9-15(19)18-20;/h2-10,20H,1H3,(H,16,17)(H,18,19);1H. The summed E-state index contributed by atoms with van der Waals surface area (Å²) in [5, 5.41) is 11.5. The summed E-state index contributed by atoms with van der Waals surface area (Å²) in [6.07, 6.45) is 4.43. The first kappa shape index (κ1) is 16.7. The maximum atomic E-state index is 10.8. The van der Waals surface area contributed by atoms with E-state index in [1.165, 1.54) is 17.1 Å². The Hall–Kier alpha value is -2.37. The topological polar surface area (TPSA) is 74.2 Å². The van der Waals surface area contributed by atoms with Crippen LogP contribution < -0.4 is 10.8 Å². The summed E-state index contributed by atoms with van der Waals surface area (Å²) in [4.78, 5) is 15.1. The van der Waals surface area contributed by atoms with Gasteiger partial charge < -0.3 is 5.32 Å². The molecule has 0 saturated carbocycles. The highest BCUT2D eigenvalue weighted by Gasteiger charge is 1.96. The minimum atomic E-state index is -0.577. The fourth-order valence-corrected chi connectivity index (χ4v) is 1.57. The lowest BCUT2D eigenvalue weighted by Crippen LogP contribution is -2.14. The molecule has 1 amide bonds. The van der Waals surface area contributed by atoms with Crippen molar-refractivity contribution >= 4 is 35.9 Å². The molecule has 3 N–H and O–H groups in total. The van der Waals surface area contributed by atoms with Crippen LogP contribution in [0.3, 0.4) is 0 Å². The van der Waals surface area contributed by atoms with Crippen LogP contribution in [0.4, 0.5) is 11.5 Å². The minimum Gasteiger partial charge on any atom is -0.340 e. The van der Waals surface area contributed by atoms with Gasteiger partial charge in [0.25, 0.3) is 5.91 Å². The van der Waals surface area contributed by atoms with Crippen molar-refractivity contribution in [1.29, 1.82) is 0 Å². The summed E-state index contributed by atoms with van der Waals surface area (Å²) in [5.41, 5.74) is 4.46. The van der Waals surface area contributed by atoms with E-state index in [1.54, 1.807) is 12.3 Å². The zero-order chi connectivity index (χ0) is 14.4. The van der Waals surface area contributed by atoms with E-state index in [2.05, 4.69) is 10.3 Å². The van der Waals surface area contributed by atoms with Crippen molar-refractivity contribution < 1.29 is 10.0 Å². The summed E-state index contributed by atoms with van der Waals surface area (Å²) in [6.45, 7) is 2.03. The molecular weight excluding hydrogens is 290 g/mol. The number of pyridine rings is 1. The van der Waals surface area contributed by atoms with Gasteiger partial charge in [-0.1, -0.05) is 17.7 Å². The zero-order valence-corrected chi connectivity index (χ0v) is 12.2. The maximum Gasteiger partial charge on any atom is 0.267 e. The first-order valence-electron chi connectivity index (χ1n) is 6.09. The molecule has 2 aromatic rings. The number of anilines is 2. The monoisotopic (exact) mass is 305 g/mol. The van der Waals surface area contributed by atoms with Crippen molar-refractivity contribution in [3.05, 3.63) is 59.8 Å². The Morgan fingerprint density at radius 2 is 1.90 bits per heavy atom. The van der Waals surface area contributed by atoms with E-state index >= 15 is 0 Å². The van der Waals surface area contributed by atoms with Crippen molar-refractivity contribution in [3.63, 3.8) is 0 Å². The second-order valence-electron chi connectivity index (χ2n) is 4.28. The number of amides is 1. The van der Waals surface area contributed by atoms with Gasteiger partial charge >= 0.3 is 0 Å². The molecule has 0 saturated heterocycles. The molecular formula is C15H16ClN3O2. The summed E-state index contributed by atoms with van der Waals surface area (Å²) in [5.74, 6) is 0.143. The van der Waals surface area contributed by atoms with Crippen LogP contribution in [0.2, 0.25) is 0 Å². The van der Waals surface area contributed by atoms with E-state index in [9.17, 15) is 4.79 Å². The summed E-state index contributed by atoms with van der Waals surface area (Å²) >= 11 is 0. The lowest BCUT2D eigenvalue weighted by atomic mass is 10.2. The predicted molar refractivity (Wildman–Crippen MR) is 84.9 cm³/mol. The predicted octanol–water partition coefficient (Wildman–Crippen LogP) is 3.07. The van der Waals surface area contributed by atoms with Gasteiger partial charge in [-0.15, -0.1) is 12.4 Å². The van der Waals surface area contributed by atoms with E-state index in [1.807, 2.05) is 43.3 Å². The molecule has 0 bridgehead atoms. The zero-order valence-electron chi connectivity index (χ0n) is 11.4. The van der Waals surface area contributed by atoms with Crippen LogP contribution in [0.5, 0.6) is 0 Å². The molecule has 6 heteroatoms. The van der Waals surface area contributed by atoms with Gasteiger partial charge in [-0.05, 0) is 42.8 Å². The molecule has 0 atom stereocenters.